The van der Waals surface area contributed by atoms with E-state index in [0.717, 1.165) is 19.3 Å². The molecule has 0 unspecified atom stereocenters. The van der Waals surface area contributed by atoms with Gasteiger partial charge in [0.15, 0.2) is 6.29 Å². The fraction of sp³-hybridized carbons (Fsp3) is 0.870. The van der Waals surface area contributed by atoms with E-state index in [1.807, 2.05) is 6.08 Å². The van der Waals surface area contributed by atoms with E-state index < -0.39 is 67.0 Å². The summed E-state index contributed by atoms with van der Waals surface area (Å²) in [7, 11) is 0. The number of unbranched alkanes of at least 4 members (excludes halogenated alkanes) is 6. The summed E-state index contributed by atoms with van der Waals surface area (Å²) in [4.78, 5) is 10.2. The lowest BCUT2D eigenvalue weighted by Gasteiger charge is -2.45. The number of carboxylic acid groups (broad SMARTS) is 1. The van der Waals surface area contributed by atoms with Gasteiger partial charge in [-0.2, -0.15) is 0 Å². The normalized spacial score (nSPS) is 37.3. The Hall–Kier alpha value is -1.19. The van der Waals surface area contributed by atoms with Gasteiger partial charge in [0.2, 0.25) is 0 Å². The Balaban J connectivity index is 0.000000405. The quantitative estimate of drug-likeness (QED) is 0.106. The van der Waals surface area contributed by atoms with E-state index >= 15 is 0 Å². The molecule has 2 fully saturated rings. The Morgan fingerprint density at radius 3 is 2.09 bits per heavy atom. The van der Waals surface area contributed by atoms with Crippen LogP contribution in [0.1, 0.15) is 57.8 Å². The van der Waals surface area contributed by atoms with Crippen LogP contribution in [0.4, 0.5) is 0 Å². The summed E-state index contributed by atoms with van der Waals surface area (Å²) in [6.07, 6.45) is 2.41. The van der Waals surface area contributed by atoms with Crippen LogP contribution in [-0.4, -0.2) is 99.1 Å². The summed E-state index contributed by atoms with van der Waals surface area (Å²) in [5.41, 5.74) is 22.8. The number of hydrogen-bond acceptors (Lipinski definition) is 11. The number of hydrogen-bond donors (Lipinski definition) is 9. The fourth-order valence-corrected chi connectivity index (χ4v) is 4.17. The van der Waals surface area contributed by atoms with E-state index in [4.69, 9.17) is 37.5 Å². The number of aliphatic carboxylic acids is 1. The monoisotopic (exact) mass is 506 g/mol. The third-order valence-corrected chi connectivity index (χ3v) is 6.41. The molecule has 0 spiro atoms. The summed E-state index contributed by atoms with van der Waals surface area (Å²) >= 11 is 0. The summed E-state index contributed by atoms with van der Waals surface area (Å²) in [5.74, 6) is -0.674. The zero-order chi connectivity index (χ0) is 26.5. The van der Waals surface area contributed by atoms with Crippen LogP contribution in [0.15, 0.2) is 12.7 Å². The highest BCUT2D eigenvalue weighted by Crippen LogP contribution is 2.26. The summed E-state index contributed by atoms with van der Waals surface area (Å²) in [6.45, 7) is 3.62. The second kappa shape index (κ2) is 16.5. The van der Waals surface area contributed by atoms with Crippen molar-refractivity contribution in [1.82, 2.24) is 0 Å². The van der Waals surface area contributed by atoms with Crippen molar-refractivity contribution in [2.24, 2.45) is 22.9 Å². The van der Waals surface area contributed by atoms with Gasteiger partial charge < -0.3 is 57.9 Å². The molecule has 35 heavy (non-hydrogen) atoms. The van der Waals surface area contributed by atoms with Crippen molar-refractivity contribution in [2.75, 3.05) is 6.54 Å². The zero-order valence-electron chi connectivity index (χ0n) is 20.4. The zero-order valence-corrected chi connectivity index (χ0v) is 20.4. The number of ether oxygens (including phenoxy) is 2. The highest BCUT2D eigenvalue weighted by Gasteiger charge is 2.47. The lowest BCUT2D eigenvalue weighted by Crippen LogP contribution is -2.67. The van der Waals surface area contributed by atoms with Gasteiger partial charge in [0.25, 0.3) is 0 Å². The second-order valence-corrected chi connectivity index (χ2v) is 9.32. The molecule has 0 aromatic rings. The number of carbonyl (C=O) groups is 1. The first kappa shape index (κ1) is 31.8. The molecule has 0 amide bonds. The molecule has 1 saturated carbocycles. The van der Waals surface area contributed by atoms with Crippen molar-refractivity contribution in [1.29, 1.82) is 0 Å². The van der Waals surface area contributed by atoms with Gasteiger partial charge in [0.1, 0.15) is 30.5 Å². The van der Waals surface area contributed by atoms with Gasteiger partial charge in [0, 0.05) is 25.0 Å². The maximum absolute atomic E-state index is 10.2. The summed E-state index contributed by atoms with van der Waals surface area (Å²) in [5, 5.41) is 48.0. The molecule has 0 bridgehead atoms. The standard InChI is InChI=1S/C12H26N4O6.C11H20O2/c13-2-5-8(18)9(19)6(16)12(21-5)22-11-4(15)1-3(14)7(17)10(11)20;1-2-3-4-5-6-7-8-9-10-11(12)13/h3-12,17-20H,1-2,13-16H2;2H,1,3-10H2,(H,12,13)/t3-,4-,5-,6-,7-,8-,9-,10+,11+,12-;/m1./s1. The first-order chi connectivity index (χ1) is 16.5. The van der Waals surface area contributed by atoms with Crippen LogP contribution in [-0.2, 0) is 14.3 Å². The highest BCUT2D eigenvalue weighted by molar-refractivity contribution is 5.66. The minimum absolute atomic E-state index is 0.0441. The van der Waals surface area contributed by atoms with Gasteiger partial charge in [-0.1, -0.05) is 31.8 Å². The SMILES string of the molecule is C=CCCCCCCCCC(=O)O.NC[C@H]1O[C@H](O[C@@H]2[C@@H](O)[C@H](O)[C@H](N)C[C@H]2N)[C@H](N)[C@@H](O)[C@@H]1O. The molecular formula is C23H46N4O8. The van der Waals surface area contributed by atoms with Crippen molar-refractivity contribution in [3.8, 4) is 0 Å². The lowest BCUT2D eigenvalue weighted by atomic mass is 9.84. The van der Waals surface area contributed by atoms with Crippen LogP contribution >= 0.6 is 0 Å². The molecule has 12 heteroatoms. The Bertz CT molecular complexity index is 614. The number of aliphatic hydroxyl groups excluding tert-OH is 4. The number of rotatable bonds is 12. The maximum Gasteiger partial charge on any atom is 0.303 e. The van der Waals surface area contributed by atoms with E-state index in [0.29, 0.717) is 6.42 Å². The van der Waals surface area contributed by atoms with Gasteiger partial charge in [-0.15, -0.1) is 6.58 Å². The molecule has 2 aliphatic rings. The second-order valence-electron chi connectivity index (χ2n) is 9.32. The molecular weight excluding hydrogens is 460 g/mol. The van der Waals surface area contributed by atoms with E-state index in [1.165, 1.54) is 25.7 Å². The molecule has 1 aliphatic carbocycles. The molecule has 2 rings (SSSR count). The van der Waals surface area contributed by atoms with Gasteiger partial charge in [0.05, 0.1) is 12.1 Å². The van der Waals surface area contributed by atoms with Gasteiger partial charge >= 0.3 is 5.97 Å². The van der Waals surface area contributed by atoms with Crippen molar-refractivity contribution >= 4 is 5.97 Å². The average molecular weight is 507 g/mol. The first-order valence-corrected chi connectivity index (χ1v) is 12.4. The molecule has 206 valence electrons. The Morgan fingerprint density at radius 2 is 1.51 bits per heavy atom. The molecule has 12 nitrogen and oxygen atoms in total. The summed E-state index contributed by atoms with van der Waals surface area (Å²) in [6, 6.07) is -2.34. The number of carboxylic acids is 1. The number of nitrogens with two attached hydrogens (primary N) is 4. The van der Waals surface area contributed by atoms with Crippen molar-refractivity contribution in [3.05, 3.63) is 12.7 Å². The van der Waals surface area contributed by atoms with E-state index in [-0.39, 0.29) is 13.0 Å². The van der Waals surface area contributed by atoms with Crippen LogP contribution in [0, 0.1) is 0 Å². The van der Waals surface area contributed by atoms with E-state index in [1.54, 1.807) is 0 Å². The van der Waals surface area contributed by atoms with Gasteiger partial charge in [-0.05, 0) is 25.7 Å². The van der Waals surface area contributed by atoms with Crippen LogP contribution in [0.3, 0.4) is 0 Å². The molecule has 13 N–H and O–H groups in total. The Kier molecular flexibility index (Phi) is 15.0. The van der Waals surface area contributed by atoms with Gasteiger partial charge in [-0.25, -0.2) is 0 Å². The van der Waals surface area contributed by atoms with Crippen LogP contribution in [0.5, 0.6) is 0 Å². The smallest absolute Gasteiger partial charge is 0.303 e. The predicted octanol–water partition coefficient (Wildman–Crippen LogP) is -1.74. The Morgan fingerprint density at radius 1 is 0.914 bits per heavy atom. The molecule has 0 radical (unpaired) electrons. The van der Waals surface area contributed by atoms with Crippen molar-refractivity contribution in [3.63, 3.8) is 0 Å². The topological polar surface area (TPSA) is 241 Å². The largest absolute Gasteiger partial charge is 0.481 e. The molecule has 0 aromatic carbocycles. The van der Waals surface area contributed by atoms with E-state index in [2.05, 4.69) is 6.58 Å². The molecule has 1 saturated heterocycles. The third-order valence-electron chi connectivity index (χ3n) is 6.41. The number of aliphatic hydroxyl groups is 4. The molecule has 1 aliphatic heterocycles. The summed E-state index contributed by atoms with van der Waals surface area (Å²) < 4.78 is 11.0. The number of allylic oxidation sites excluding steroid dienone is 1. The van der Waals surface area contributed by atoms with Crippen molar-refractivity contribution in [2.45, 2.75) is 119 Å². The molecule has 10 atom stereocenters. The molecule has 0 aromatic heterocycles. The lowest BCUT2D eigenvalue weighted by molar-refractivity contribution is -0.287. The van der Waals surface area contributed by atoms with Gasteiger partial charge in [-0.3, -0.25) is 4.79 Å². The minimum Gasteiger partial charge on any atom is -0.481 e. The van der Waals surface area contributed by atoms with Crippen LogP contribution < -0.4 is 22.9 Å². The minimum atomic E-state index is -1.31. The first-order valence-electron chi connectivity index (χ1n) is 12.4. The van der Waals surface area contributed by atoms with E-state index in [9.17, 15) is 25.2 Å². The fourth-order valence-electron chi connectivity index (χ4n) is 4.17. The average Bonchev–Trinajstić information content (AvgIpc) is 2.82. The maximum atomic E-state index is 10.2. The highest BCUT2D eigenvalue weighted by atomic mass is 16.7. The van der Waals surface area contributed by atoms with Crippen molar-refractivity contribution < 1.29 is 39.8 Å². The Labute approximate surface area is 207 Å². The van der Waals surface area contributed by atoms with Crippen LogP contribution in [0.2, 0.25) is 0 Å². The predicted molar refractivity (Wildman–Crippen MR) is 130 cm³/mol. The molecule has 1 heterocycles. The van der Waals surface area contributed by atoms with Crippen LogP contribution in [0.25, 0.3) is 0 Å². The third kappa shape index (κ3) is 10.4.